The van der Waals surface area contributed by atoms with Gasteiger partial charge in [-0.2, -0.15) is 0 Å². The van der Waals surface area contributed by atoms with Gasteiger partial charge in [0.2, 0.25) is 0 Å². The minimum absolute atomic E-state index is 0.0768. The number of alkyl halides is 1. The Morgan fingerprint density at radius 3 is 2.83 bits per heavy atom. The van der Waals surface area contributed by atoms with Crippen LogP contribution >= 0.6 is 11.6 Å². The van der Waals surface area contributed by atoms with E-state index in [-0.39, 0.29) is 18.0 Å². The molecule has 1 aromatic heterocycles. The molecule has 2 saturated heterocycles. The van der Waals surface area contributed by atoms with Gasteiger partial charge in [-0.1, -0.05) is 23.7 Å². The first-order chi connectivity index (χ1) is 16.9. The molecule has 184 valence electrons. The van der Waals surface area contributed by atoms with Crippen molar-refractivity contribution >= 4 is 28.4 Å². The highest BCUT2D eigenvalue weighted by Gasteiger charge is 2.44. The number of aromatic nitrogens is 2. The van der Waals surface area contributed by atoms with Gasteiger partial charge < -0.3 is 15.4 Å². The van der Waals surface area contributed by atoms with Crippen LogP contribution in [0.25, 0.3) is 10.9 Å². The summed E-state index contributed by atoms with van der Waals surface area (Å²) in [4.78, 5) is 22.4. The number of carbonyl (C=O) groups is 1. The van der Waals surface area contributed by atoms with Crippen molar-refractivity contribution < 1.29 is 18.3 Å². The topological polar surface area (TPSA) is 76.1 Å². The normalized spacial score (nSPS) is 21.8. The van der Waals surface area contributed by atoms with Crippen molar-refractivity contribution in [1.82, 2.24) is 20.6 Å². The third-order valence-electron chi connectivity index (χ3n) is 6.91. The van der Waals surface area contributed by atoms with Gasteiger partial charge in [0.05, 0.1) is 16.6 Å². The van der Waals surface area contributed by atoms with E-state index in [1.165, 1.54) is 18.2 Å². The standard InChI is InChI=1S/C26H27ClF2N4O2/c27-20-12-17(3-4-21(20)28)24(26(29)7-8-30-15-26)33-25(34)18-1-2-19-14-31-23(32-22(19)13-18)11-16-5-9-35-10-6-16/h1-4,12-14,16,24,30H,5-11,15H2,(H,33,34)/t24-,26-/m0/s1. The molecule has 3 aromatic rings. The number of amides is 1. The maximum atomic E-state index is 15.9. The molecule has 9 heteroatoms. The number of hydrogen-bond acceptors (Lipinski definition) is 5. The molecule has 2 fully saturated rings. The second-order valence-electron chi connectivity index (χ2n) is 9.36. The molecular weight excluding hydrogens is 474 g/mol. The summed E-state index contributed by atoms with van der Waals surface area (Å²) in [6, 6.07) is 8.19. The Morgan fingerprint density at radius 2 is 2.09 bits per heavy atom. The van der Waals surface area contributed by atoms with Crippen molar-refractivity contribution in [3.8, 4) is 0 Å². The quantitative estimate of drug-likeness (QED) is 0.519. The van der Waals surface area contributed by atoms with E-state index >= 15 is 4.39 Å². The molecule has 2 aliphatic rings. The number of rotatable bonds is 6. The van der Waals surface area contributed by atoms with E-state index in [9.17, 15) is 9.18 Å². The molecular formula is C26H27ClF2N4O2. The van der Waals surface area contributed by atoms with Crippen LogP contribution in [0.3, 0.4) is 0 Å². The van der Waals surface area contributed by atoms with Gasteiger partial charge in [0, 0.05) is 43.3 Å². The average molecular weight is 501 g/mol. The molecule has 0 radical (unpaired) electrons. The lowest BCUT2D eigenvalue weighted by Crippen LogP contribution is -2.44. The molecule has 1 amide bonds. The van der Waals surface area contributed by atoms with Crippen molar-refractivity contribution in [2.75, 3.05) is 26.3 Å². The zero-order chi connectivity index (χ0) is 24.4. The van der Waals surface area contributed by atoms with Crippen molar-refractivity contribution in [2.24, 2.45) is 5.92 Å². The van der Waals surface area contributed by atoms with Crippen molar-refractivity contribution in [3.63, 3.8) is 0 Å². The Bertz CT molecular complexity index is 1230. The number of fused-ring (bicyclic) bond motifs is 1. The molecule has 0 bridgehead atoms. The summed E-state index contributed by atoms with van der Waals surface area (Å²) in [7, 11) is 0. The summed E-state index contributed by atoms with van der Waals surface area (Å²) < 4.78 is 35.0. The predicted molar refractivity (Wildman–Crippen MR) is 130 cm³/mol. The Hall–Kier alpha value is -2.68. The average Bonchev–Trinajstić information content (AvgIpc) is 3.31. The number of halogens is 3. The van der Waals surface area contributed by atoms with Crippen molar-refractivity contribution in [3.05, 3.63) is 70.4 Å². The zero-order valence-electron chi connectivity index (χ0n) is 19.2. The molecule has 0 saturated carbocycles. The molecule has 2 aliphatic heterocycles. The number of hydrogen-bond donors (Lipinski definition) is 2. The molecule has 3 heterocycles. The lowest BCUT2D eigenvalue weighted by molar-refractivity contribution is 0.0660. The van der Waals surface area contributed by atoms with Crippen LogP contribution in [0.2, 0.25) is 5.02 Å². The number of benzene rings is 2. The van der Waals surface area contributed by atoms with E-state index in [1.54, 1.807) is 24.4 Å². The monoisotopic (exact) mass is 500 g/mol. The molecule has 35 heavy (non-hydrogen) atoms. The minimum atomic E-state index is -1.73. The first kappa shape index (κ1) is 24.0. The molecule has 6 nitrogen and oxygen atoms in total. The lowest BCUT2D eigenvalue weighted by atomic mass is 9.89. The Balaban J connectivity index is 1.40. The first-order valence-corrected chi connectivity index (χ1v) is 12.3. The predicted octanol–water partition coefficient (Wildman–Crippen LogP) is 4.56. The second kappa shape index (κ2) is 10.1. The van der Waals surface area contributed by atoms with Gasteiger partial charge in [0.1, 0.15) is 17.3 Å². The van der Waals surface area contributed by atoms with Crippen LogP contribution < -0.4 is 10.6 Å². The summed E-state index contributed by atoms with van der Waals surface area (Å²) in [5.41, 5.74) is -0.292. The van der Waals surface area contributed by atoms with Crippen LogP contribution in [-0.4, -0.2) is 47.8 Å². The van der Waals surface area contributed by atoms with Gasteiger partial charge in [0.25, 0.3) is 5.91 Å². The smallest absolute Gasteiger partial charge is 0.251 e. The number of ether oxygens (including phenoxy) is 1. The highest BCUT2D eigenvalue weighted by Crippen LogP contribution is 2.36. The first-order valence-electron chi connectivity index (χ1n) is 11.9. The van der Waals surface area contributed by atoms with Gasteiger partial charge in [-0.05, 0) is 61.6 Å². The SMILES string of the molecule is O=C(N[C@@H](c1ccc(F)c(Cl)c1)[C@]1(F)CCNC1)c1ccc2cnc(CC3CCOCC3)nc2c1. The number of nitrogens with zero attached hydrogens (tertiary/aromatic N) is 2. The summed E-state index contributed by atoms with van der Waals surface area (Å²) in [6.45, 7) is 2.08. The zero-order valence-corrected chi connectivity index (χ0v) is 20.0. The molecule has 2 aromatic carbocycles. The third kappa shape index (κ3) is 5.29. The second-order valence-corrected chi connectivity index (χ2v) is 9.77. The van der Waals surface area contributed by atoms with E-state index in [0.717, 1.165) is 43.7 Å². The highest BCUT2D eigenvalue weighted by atomic mass is 35.5. The lowest BCUT2D eigenvalue weighted by Gasteiger charge is -2.31. The van der Waals surface area contributed by atoms with Crippen LogP contribution in [-0.2, 0) is 11.2 Å². The maximum absolute atomic E-state index is 15.9. The molecule has 0 unspecified atom stereocenters. The van der Waals surface area contributed by atoms with Crippen molar-refractivity contribution in [1.29, 1.82) is 0 Å². The van der Waals surface area contributed by atoms with E-state index in [4.69, 9.17) is 16.3 Å². The number of carbonyl (C=O) groups excluding carboxylic acids is 1. The Labute approximate surface area is 207 Å². The van der Waals surface area contributed by atoms with E-state index < -0.39 is 23.4 Å². The van der Waals surface area contributed by atoms with Gasteiger partial charge in [0.15, 0.2) is 0 Å². The third-order valence-corrected chi connectivity index (χ3v) is 7.20. The van der Waals surface area contributed by atoms with Gasteiger partial charge in [-0.25, -0.2) is 18.7 Å². The Morgan fingerprint density at radius 1 is 1.26 bits per heavy atom. The van der Waals surface area contributed by atoms with Gasteiger partial charge >= 0.3 is 0 Å². The highest BCUT2D eigenvalue weighted by molar-refractivity contribution is 6.30. The van der Waals surface area contributed by atoms with Crippen molar-refractivity contribution in [2.45, 2.75) is 37.4 Å². The fourth-order valence-corrected chi connectivity index (χ4v) is 5.04. The summed E-state index contributed by atoms with van der Waals surface area (Å²) >= 11 is 5.97. The molecule has 2 N–H and O–H groups in total. The van der Waals surface area contributed by atoms with Crippen LogP contribution in [0.1, 0.15) is 47.1 Å². The molecule has 0 aliphatic carbocycles. The van der Waals surface area contributed by atoms with Crippen LogP contribution in [0.5, 0.6) is 0 Å². The van der Waals surface area contributed by atoms with Gasteiger partial charge in [-0.15, -0.1) is 0 Å². The van der Waals surface area contributed by atoms with Crippen LogP contribution in [0, 0.1) is 11.7 Å². The summed E-state index contributed by atoms with van der Waals surface area (Å²) in [6.07, 6.45) is 4.72. The summed E-state index contributed by atoms with van der Waals surface area (Å²) in [5.74, 6) is 0.187. The van der Waals surface area contributed by atoms with E-state index in [2.05, 4.69) is 20.6 Å². The van der Waals surface area contributed by atoms with Crippen LogP contribution in [0.4, 0.5) is 8.78 Å². The fourth-order valence-electron chi connectivity index (χ4n) is 4.85. The summed E-state index contributed by atoms with van der Waals surface area (Å²) in [5, 5.41) is 6.54. The minimum Gasteiger partial charge on any atom is -0.381 e. The molecule has 0 spiro atoms. The van der Waals surface area contributed by atoms with E-state index in [0.29, 0.717) is 29.1 Å². The Kier molecular flexibility index (Phi) is 6.95. The number of nitrogens with one attached hydrogen (secondary N) is 2. The largest absolute Gasteiger partial charge is 0.381 e. The van der Waals surface area contributed by atoms with E-state index in [1.807, 2.05) is 0 Å². The molecule has 2 atom stereocenters. The molecule has 5 rings (SSSR count). The van der Waals surface area contributed by atoms with Crippen LogP contribution in [0.15, 0.2) is 42.6 Å². The maximum Gasteiger partial charge on any atom is 0.251 e. The van der Waals surface area contributed by atoms with Gasteiger partial charge in [-0.3, -0.25) is 4.79 Å². The fraction of sp³-hybridized carbons (Fsp3) is 0.423.